The minimum absolute atomic E-state index is 0.558. The maximum Gasteiger partial charge on any atom is 0.416 e. The van der Waals surface area contributed by atoms with Gasteiger partial charge in [-0.3, -0.25) is 0 Å². The number of hydrogen-bond acceptors (Lipinski definition) is 3. The van der Waals surface area contributed by atoms with Gasteiger partial charge in [-0.1, -0.05) is 5.21 Å². The average molecular weight is 282 g/mol. The Morgan fingerprint density at radius 3 is 2.50 bits per heavy atom. The van der Waals surface area contributed by atoms with E-state index in [2.05, 4.69) is 15.6 Å². The van der Waals surface area contributed by atoms with Gasteiger partial charge in [0.25, 0.3) is 0 Å². The van der Waals surface area contributed by atoms with E-state index in [0.717, 1.165) is 17.8 Å². The van der Waals surface area contributed by atoms with Gasteiger partial charge in [0, 0.05) is 12.6 Å². The van der Waals surface area contributed by atoms with Crippen LogP contribution in [0.1, 0.15) is 24.1 Å². The van der Waals surface area contributed by atoms with Crippen LogP contribution in [0.4, 0.5) is 13.2 Å². The summed E-state index contributed by atoms with van der Waals surface area (Å²) in [4.78, 5) is 0. The Morgan fingerprint density at radius 2 is 1.90 bits per heavy atom. The van der Waals surface area contributed by atoms with E-state index in [9.17, 15) is 13.2 Å². The van der Waals surface area contributed by atoms with Crippen molar-refractivity contribution in [3.63, 3.8) is 0 Å². The summed E-state index contributed by atoms with van der Waals surface area (Å²) in [6.07, 6.45) is -0.224. The zero-order valence-corrected chi connectivity index (χ0v) is 10.6. The Bertz CT molecular complexity index is 584. The van der Waals surface area contributed by atoms with Crippen LogP contribution in [0.2, 0.25) is 0 Å². The average Bonchev–Trinajstić information content (AvgIpc) is 3.13. The monoisotopic (exact) mass is 282 g/mol. The lowest BCUT2D eigenvalue weighted by atomic mass is 10.2. The molecule has 4 nitrogen and oxygen atoms in total. The summed E-state index contributed by atoms with van der Waals surface area (Å²) in [7, 11) is 0. The van der Waals surface area contributed by atoms with Gasteiger partial charge < -0.3 is 5.32 Å². The minimum Gasteiger partial charge on any atom is -0.308 e. The van der Waals surface area contributed by atoms with Crippen molar-refractivity contribution in [1.29, 1.82) is 0 Å². The summed E-state index contributed by atoms with van der Waals surface area (Å²) in [6, 6.07) is 5.43. The lowest BCUT2D eigenvalue weighted by Crippen LogP contribution is -2.15. The SMILES string of the molecule is FC(F)(F)c1ccc(-n2cc(CNC3CC3)nn2)cc1. The second kappa shape index (κ2) is 4.90. The van der Waals surface area contributed by atoms with E-state index in [1.165, 1.54) is 29.7 Å². The fourth-order valence-electron chi connectivity index (χ4n) is 1.85. The van der Waals surface area contributed by atoms with Crippen molar-refractivity contribution < 1.29 is 13.2 Å². The summed E-state index contributed by atoms with van der Waals surface area (Å²) >= 11 is 0. The largest absolute Gasteiger partial charge is 0.416 e. The lowest BCUT2D eigenvalue weighted by Gasteiger charge is -2.07. The lowest BCUT2D eigenvalue weighted by molar-refractivity contribution is -0.137. The molecule has 0 bridgehead atoms. The van der Waals surface area contributed by atoms with Gasteiger partial charge >= 0.3 is 6.18 Å². The van der Waals surface area contributed by atoms with Gasteiger partial charge in [0.15, 0.2) is 0 Å². The Labute approximate surface area is 113 Å². The highest BCUT2D eigenvalue weighted by Crippen LogP contribution is 2.29. The third-order valence-electron chi connectivity index (χ3n) is 3.15. The highest BCUT2D eigenvalue weighted by Gasteiger charge is 2.30. The van der Waals surface area contributed by atoms with Crippen LogP contribution in [-0.4, -0.2) is 21.0 Å². The highest BCUT2D eigenvalue weighted by molar-refractivity contribution is 5.34. The Hall–Kier alpha value is -1.89. The Morgan fingerprint density at radius 1 is 1.20 bits per heavy atom. The Balaban J connectivity index is 1.71. The van der Waals surface area contributed by atoms with E-state index in [1.807, 2.05) is 0 Å². The molecule has 0 spiro atoms. The van der Waals surface area contributed by atoms with E-state index in [0.29, 0.717) is 18.3 Å². The Kier molecular flexibility index (Phi) is 3.21. The number of nitrogens with one attached hydrogen (secondary N) is 1. The number of hydrogen-bond donors (Lipinski definition) is 1. The predicted octanol–water partition coefficient (Wildman–Crippen LogP) is 2.54. The predicted molar refractivity (Wildman–Crippen MR) is 66.2 cm³/mol. The fourth-order valence-corrected chi connectivity index (χ4v) is 1.85. The number of benzene rings is 1. The van der Waals surface area contributed by atoms with E-state index in [4.69, 9.17) is 0 Å². The summed E-state index contributed by atoms with van der Waals surface area (Å²) in [5.41, 5.74) is 0.664. The summed E-state index contributed by atoms with van der Waals surface area (Å²) in [6.45, 7) is 0.630. The molecule has 0 radical (unpaired) electrons. The van der Waals surface area contributed by atoms with Crippen molar-refractivity contribution in [2.24, 2.45) is 0 Å². The molecular formula is C13H13F3N4. The van der Waals surface area contributed by atoms with Crippen LogP contribution in [0.25, 0.3) is 5.69 Å². The number of halogens is 3. The van der Waals surface area contributed by atoms with Crippen LogP contribution in [0.15, 0.2) is 30.5 Å². The van der Waals surface area contributed by atoms with Gasteiger partial charge in [0.2, 0.25) is 0 Å². The van der Waals surface area contributed by atoms with Crippen molar-refractivity contribution in [2.75, 3.05) is 0 Å². The smallest absolute Gasteiger partial charge is 0.308 e. The van der Waals surface area contributed by atoms with Gasteiger partial charge in [0.05, 0.1) is 23.1 Å². The van der Waals surface area contributed by atoms with Gasteiger partial charge in [-0.15, -0.1) is 5.10 Å². The summed E-state index contributed by atoms with van der Waals surface area (Å²) in [5.74, 6) is 0. The third-order valence-corrected chi connectivity index (χ3v) is 3.15. The second-order valence-electron chi connectivity index (χ2n) is 4.85. The van der Waals surface area contributed by atoms with Crippen molar-refractivity contribution in [1.82, 2.24) is 20.3 Å². The molecule has 7 heteroatoms. The minimum atomic E-state index is -4.32. The molecule has 0 saturated heterocycles. The number of rotatable bonds is 4. The van der Waals surface area contributed by atoms with Crippen molar-refractivity contribution in [2.45, 2.75) is 31.6 Å². The fraction of sp³-hybridized carbons (Fsp3) is 0.385. The van der Waals surface area contributed by atoms with Crippen LogP contribution in [0, 0.1) is 0 Å². The first-order valence-electron chi connectivity index (χ1n) is 6.34. The molecule has 1 N–H and O–H groups in total. The molecule has 1 aromatic heterocycles. The zero-order chi connectivity index (χ0) is 14.2. The first kappa shape index (κ1) is 13.1. The molecule has 1 aliphatic rings. The van der Waals surface area contributed by atoms with Crippen LogP contribution >= 0.6 is 0 Å². The molecule has 0 aliphatic heterocycles. The van der Waals surface area contributed by atoms with Gasteiger partial charge in [-0.25, -0.2) is 4.68 Å². The number of aromatic nitrogens is 3. The molecule has 20 heavy (non-hydrogen) atoms. The first-order chi connectivity index (χ1) is 9.52. The second-order valence-corrected chi connectivity index (χ2v) is 4.85. The van der Waals surface area contributed by atoms with Crippen molar-refractivity contribution in [3.05, 3.63) is 41.7 Å². The van der Waals surface area contributed by atoms with Gasteiger partial charge in [-0.05, 0) is 37.1 Å². The molecular weight excluding hydrogens is 269 g/mol. The molecule has 1 aliphatic carbocycles. The summed E-state index contributed by atoms with van der Waals surface area (Å²) in [5, 5.41) is 11.2. The molecule has 106 valence electrons. The molecule has 1 fully saturated rings. The van der Waals surface area contributed by atoms with Crippen LogP contribution in [-0.2, 0) is 12.7 Å². The topological polar surface area (TPSA) is 42.7 Å². The standard InChI is InChI=1S/C13H13F3N4/c14-13(15,16)9-1-5-12(6-2-9)20-8-11(18-19-20)7-17-10-3-4-10/h1-2,5-6,8,10,17H,3-4,7H2. The highest BCUT2D eigenvalue weighted by atomic mass is 19.4. The molecule has 1 aromatic carbocycles. The number of alkyl halides is 3. The van der Waals surface area contributed by atoms with Crippen LogP contribution in [0.5, 0.6) is 0 Å². The summed E-state index contributed by atoms with van der Waals surface area (Å²) < 4.78 is 38.9. The van der Waals surface area contributed by atoms with Crippen LogP contribution in [0.3, 0.4) is 0 Å². The van der Waals surface area contributed by atoms with E-state index < -0.39 is 11.7 Å². The maximum atomic E-state index is 12.5. The molecule has 0 unspecified atom stereocenters. The molecule has 1 saturated carbocycles. The molecule has 3 rings (SSSR count). The quantitative estimate of drug-likeness (QED) is 0.937. The van der Waals surface area contributed by atoms with Gasteiger partial charge in [0.1, 0.15) is 0 Å². The first-order valence-corrected chi connectivity index (χ1v) is 6.34. The van der Waals surface area contributed by atoms with E-state index in [1.54, 1.807) is 6.20 Å². The molecule has 2 aromatic rings. The van der Waals surface area contributed by atoms with Crippen molar-refractivity contribution in [3.8, 4) is 5.69 Å². The van der Waals surface area contributed by atoms with Crippen molar-refractivity contribution >= 4 is 0 Å². The zero-order valence-electron chi connectivity index (χ0n) is 10.6. The van der Waals surface area contributed by atoms with E-state index in [-0.39, 0.29) is 0 Å². The molecule has 0 amide bonds. The van der Waals surface area contributed by atoms with Crippen LogP contribution < -0.4 is 5.32 Å². The normalized spacial score (nSPS) is 15.6. The van der Waals surface area contributed by atoms with Gasteiger partial charge in [-0.2, -0.15) is 13.2 Å². The molecule has 1 heterocycles. The maximum absolute atomic E-state index is 12.5. The van der Waals surface area contributed by atoms with E-state index >= 15 is 0 Å². The molecule has 0 atom stereocenters. The number of nitrogens with zero attached hydrogens (tertiary/aromatic N) is 3. The third kappa shape index (κ3) is 2.98.